The highest BCUT2D eigenvalue weighted by molar-refractivity contribution is 5.43. The third-order valence-corrected chi connectivity index (χ3v) is 3.77. The minimum Gasteiger partial charge on any atom is -0.423 e. The Morgan fingerprint density at radius 2 is 2.16 bits per heavy atom. The van der Waals surface area contributed by atoms with Gasteiger partial charge in [0.25, 0.3) is 0 Å². The van der Waals surface area contributed by atoms with Crippen molar-refractivity contribution in [3.05, 3.63) is 47.2 Å². The molecule has 0 bridgehead atoms. The molecule has 0 saturated heterocycles. The van der Waals surface area contributed by atoms with Gasteiger partial charge < -0.3 is 9.73 Å². The lowest BCUT2D eigenvalue weighted by Crippen LogP contribution is -2.20. The van der Waals surface area contributed by atoms with Gasteiger partial charge in [-0.25, -0.2) is 0 Å². The van der Waals surface area contributed by atoms with Crippen molar-refractivity contribution in [1.29, 1.82) is 0 Å². The monoisotopic (exact) mass is 257 g/mol. The highest BCUT2D eigenvalue weighted by Crippen LogP contribution is 2.39. The third kappa shape index (κ3) is 2.16. The summed E-state index contributed by atoms with van der Waals surface area (Å²) < 4.78 is 5.87. The predicted molar refractivity (Wildman–Crippen MR) is 73.0 cm³/mol. The van der Waals surface area contributed by atoms with Crippen LogP contribution < -0.4 is 5.32 Å². The molecule has 1 heterocycles. The second-order valence-corrected chi connectivity index (χ2v) is 4.95. The van der Waals surface area contributed by atoms with Gasteiger partial charge in [-0.2, -0.15) is 0 Å². The molecular formula is C15H19N3O. The van der Waals surface area contributed by atoms with Crippen molar-refractivity contribution in [2.45, 2.75) is 38.6 Å². The summed E-state index contributed by atoms with van der Waals surface area (Å²) in [4.78, 5) is 0. The first kappa shape index (κ1) is 12.4. The Balaban J connectivity index is 1.80. The Labute approximate surface area is 113 Å². The van der Waals surface area contributed by atoms with Gasteiger partial charge in [0.1, 0.15) is 0 Å². The molecule has 0 spiro atoms. The third-order valence-electron chi connectivity index (χ3n) is 3.77. The van der Waals surface area contributed by atoms with Crippen LogP contribution in [0.15, 0.2) is 28.7 Å². The van der Waals surface area contributed by atoms with Gasteiger partial charge in [0.05, 0.1) is 12.0 Å². The molecule has 4 nitrogen and oxygen atoms in total. The molecule has 2 unspecified atom stereocenters. The molecule has 0 radical (unpaired) electrons. The predicted octanol–water partition coefficient (Wildman–Crippen LogP) is 2.82. The Bertz CT molecular complexity index is 564. The van der Waals surface area contributed by atoms with E-state index in [2.05, 4.69) is 53.6 Å². The molecule has 100 valence electrons. The van der Waals surface area contributed by atoms with Crippen LogP contribution in [0.5, 0.6) is 0 Å². The van der Waals surface area contributed by atoms with Crippen molar-refractivity contribution >= 4 is 0 Å². The molecular weight excluding hydrogens is 238 g/mol. The minimum atomic E-state index is 0.168. The quantitative estimate of drug-likeness (QED) is 0.895. The van der Waals surface area contributed by atoms with Crippen molar-refractivity contribution in [3.63, 3.8) is 0 Å². The molecule has 0 saturated carbocycles. The topological polar surface area (TPSA) is 51.0 Å². The SMILES string of the molecule is CCNC(CC)c1nnc(C2Cc3ccccc32)o1. The lowest BCUT2D eigenvalue weighted by molar-refractivity contribution is 0.363. The van der Waals surface area contributed by atoms with Crippen molar-refractivity contribution in [1.82, 2.24) is 15.5 Å². The number of aromatic nitrogens is 2. The van der Waals surface area contributed by atoms with E-state index in [1.807, 2.05) is 0 Å². The van der Waals surface area contributed by atoms with E-state index in [1.165, 1.54) is 11.1 Å². The van der Waals surface area contributed by atoms with Crippen LogP contribution in [0.3, 0.4) is 0 Å². The number of hydrogen-bond acceptors (Lipinski definition) is 4. The summed E-state index contributed by atoms with van der Waals surface area (Å²) in [5.74, 6) is 1.75. The van der Waals surface area contributed by atoms with Gasteiger partial charge in [-0.1, -0.05) is 38.1 Å². The fraction of sp³-hybridized carbons (Fsp3) is 0.467. The Morgan fingerprint density at radius 1 is 1.32 bits per heavy atom. The summed E-state index contributed by atoms with van der Waals surface area (Å²) in [7, 11) is 0. The van der Waals surface area contributed by atoms with Crippen LogP contribution >= 0.6 is 0 Å². The summed E-state index contributed by atoms with van der Waals surface area (Å²) in [6, 6.07) is 8.62. The van der Waals surface area contributed by atoms with Crippen molar-refractivity contribution < 1.29 is 4.42 Å². The summed E-state index contributed by atoms with van der Waals surface area (Å²) in [6.07, 6.45) is 1.96. The second kappa shape index (κ2) is 5.13. The maximum absolute atomic E-state index is 5.87. The molecule has 0 amide bonds. The Hall–Kier alpha value is -1.68. The van der Waals surface area contributed by atoms with Crippen LogP contribution in [0.4, 0.5) is 0 Å². The highest BCUT2D eigenvalue weighted by atomic mass is 16.4. The van der Waals surface area contributed by atoms with Crippen LogP contribution in [0.2, 0.25) is 0 Å². The van der Waals surface area contributed by atoms with E-state index >= 15 is 0 Å². The maximum atomic E-state index is 5.87. The Kier molecular flexibility index (Phi) is 3.34. The average Bonchev–Trinajstić information content (AvgIpc) is 2.86. The molecule has 1 N–H and O–H groups in total. The van der Waals surface area contributed by atoms with Gasteiger partial charge in [0.15, 0.2) is 0 Å². The zero-order chi connectivity index (χ0) is 13.2. The first-order chi connectivity index (χ1) is 9.33. The fourth-order valence-corrected chi connectivity index (χ4v) is 2.66. The molecule has 2 aromatic rings. The fourth-order valence-electron chi connectivity index (χ4n) is 2.66. The minimum absolute atomic E-state index is 0.168. The Morgan fingerprint density at radius 3 is 2.89 bits per heavy atom. The number of benzene rings is 1. The number of rotatable bonds is 5. The van der Waals surface area contributed by atoms with Gasteiger partial charge in [-0.15, -0.1) is 10.2 Å². The molecule has 0 aliphatic heterocycles. The summed E-state index contributed by atoms with van der Waals surface area (Å²) in [6.45, 7) is 5.11. The summed E-state index contributed by atoms with van der Waals surface area (Å²) in [5, 5.41) is 11.8. The smallest absolute Gasteiger partial charge is 0.233 e. The van der Waals surface area contributed by atoms with E-state index in [4.69, 9.17) is 4.42 Å². The average molecular weight is 257 g/mol. The van der Waals surface area contributed by atoms with E-state index in [0.29, 0.717) is 5.89 Å². The summed E-state index contributed by atoms with van der Waals surface area (Å²) >= 11 is 0. The van der Waals surface area contributed by atoms with E-state index in [-0.39, 0.29) is 12.0 Å². The van der Waals surface area contributed by atoms with Gasteiger partial charge >= 0.3 is 0 Å². The molecule has 3 rings (SSSR count). The maximum Gasteiger partial charge on any atom is 0.233 e. The van der Waals surface area contributed by atoms with Crippen LogP contribution in [-0.2, 0) is 6.42 Å². The van der Waals surface area contributed by atoms with Crippen LogP contribution in [0.25, 0.3) is 0 Å². The van der Waals surface area contributed by atoms with E-state index in [9.17, 15) is 0 Å². The first-order valence-electron chi connectivity index (χ1n) is 6.98. The van der Waals surface area contributed by atoms with E-state index in [1.54, 1.807) is 0 Å². The molecule has 1 aromatic heterocycles. The van der Waals surface area contributed by atoms with Crippen LogP contribution in [0, 0.1) is 0 Å². The number of hydrogen-bond donors (Lipinski definition) is 1. The van der Waals surface area contributed by atoms with Gasteiger partial charge in [-0.05, 0) is 30.5 Å². The van der Waals surface area contributed by atoms with Crippen molar-refractivity contribution in [2.24, 2.45) is 0 Å². The lowest BCUT2D eigenvalue weighted by Gasteiger charge is -2.26. The molecule has 1 aromatic carbocycles. The molecule has 4 heteroatoms. The largest absolute Gasteiger partial charge is 0.423 e. The molecule has 0 fully saturated rings. The zero-order valence-electron chi connectivity index (χ0n) is 11.4. The normalized spacial score (nSPS) is 18.7. The molecule has 2 atom stereocenters. The summed E-state index contributed by atoms with van der Waals surface area (Å²) in [5.41, 5.74) is 2.72. The molecule has 19 heavy (non-hydrogen) atoms. The van der Waals surface area contributed by atoms with Crippen LogP contribution in [0.1, 0.15) is 55.1 Å². The van der Waals surface area contributed by atoms with E-state index < -0.39 is 0 Å². The van der Waals surface area contributed by atoms with Gasteiger partial charge in [0.2, 0.25) is 11.8 Å². The number of nitrogens with zero attached hydrogens (tertiary/aromatic N) is 2. The van der Waals surface area contributed by atoms with Crippen molar-refractivity contribution in [3.8, 4) is 0 Å². The number of nitrogens with one attached hydrogen (secondary N) is 1. The highest BCUT2D eigenvalue weighted by Gasteiger charge is 2.32. The lowest BCUT2D eigenvalue weighted by atomic mass is 9.77. The molecule has 1 aliphatic rings. The van der Waals surface area contributed by atoms with E-state index in [0.717, 1.165) is 25.3 Å². The van der Waals surface area contributed by atoms with Gasteiger partial charge in [-0.3, -0.25) is 0 Å². The zero-order valence-corrected chi connectivity index (χ0v) is 11.4. The van der Waals surface area contributed by atoms with Crippen molar-refractivity contribution in [2.75, 3.05) is 6.54 Å². The molecule has 1 aliphatic carbocycles. The van der Waals surface area contributed by atoms with Gasteiger partial charge in [0, 0.05) is 0 Å². The standard InChI is InChI=1S/C15H19N3O/c1-3-13(16-4-2)15-18-17-14(19-15)12-9-10-7-5-6-8-11(10)12/h5-8,12-13,16H,3-4,9H2,1-2H3. The first-order valence-corrected chi connectivity index (χ1v) is 6.98. The second-order valence-electron chi connectivity index (χ2n) is 4.95. The van der Waals surface area contributed by atoms with Crippen LogP contribution in [-0.4, -0.2) is 16.7 Å². The number of fused-ring (bicyclic) bond motifs is 1.